The van der Waals surface area contributed by atoms with Gasteiger partial charge in [0.25, 0.3) is 0 Å². The number of aryl methyl sites for hydroxylation is 1. The maximum atomic E-state index is 12.5. The fourth-order valence-electron chi connectivity index (χ4n) is 3.39. The lowest BCUT2D eigenvalue weighted by molar-refractivity contribution is 0.0734. The monoisotopic (exact) mass is 466 g/mol. The van der Waals surface area contributed by atoms with Gasteiger partial charge in [-0.2, -0.15) is 0 Å². The summed E-state index contributed by atoms with van der Waals surface area (Å²) in [4.78, 5) is 21.4. The van der Waals surface area contributed by atoms with Crippen LogP contribution in [0.1, 0.15) is 68.3 Å². The molecule has 0 aliphatic carbocycles. The Morgan fingerprint density at radius 2 is 1.64 bits per heavy atom. The molecular weight excluding hydrogens is 436 g/mol. The van der Waals surface area contributed by atoms with Gasteiger partial charge < -0.3 is 9.47 Å². The van der Waals surface area contributed by atoms with Crippen molar-refractivity contribution in [2.45, 2.75) is 58.8 Å². The molecular formula is C27H31ClN2O3. The highest BCUT2D eigenvalue weighted by atomic mass is 35.5. The van der Waals surface area contributed by atoms with E-state index in [4.69, 9.17) is 21.1 Å². The first-order valence-electron chi connectivity index (χ1n) is 11.7. The number of nitrogens with zero attached hydrogens (tertiary/aromatic N) is 2. The number of carbonyl (C=O) groups is 1. The van der Waals surface area contributed by atoms with Gasteiger partial charge in [0.1, 0.15) is 11.5 Å². The molecule has 0 fully saturated rings. The van der Waals surface area contributed by atoms with Crippen LogP contribution >= 0.6 is 11.6 Å². The summed E-state index contributed by atoms with van der Waals surface area (Å²) >= 11 is 6.31. The van der Waals surface area contributed by atoms with Gasteiger partial charge >= 0.3 is 5.97 Å². The minimum atomic E-state index is -0.476. The lowest BCUT2D eigenvalue weighted by Gasteiger charge is -2.10. The molecule has 6 heteroatoms. The molecule has 0 saturated heterocycles. The van der Waals surface area contributed by atoms with Crippen LogP contribution in [0.25, 0.3) is 11.4 Å². The van der Waals surface area contributed by atoms with Crippen LogP contribution in [0.15, 0.2) is 54.9 Å². The highest BCUT2D eigenvalue weighted by molar-refractivity contribution is 6.32. The molecule has 3 rings (SSSR count). The molecule has 0 atom stereocenters. The van der Waals surface area contributed by atoms with Crippen molar-refractivity contribution in [2.75, 3.05) is 6.61 Å². The van der Waals surface area contributed by atoms with Gasteiger partial charge in [-0.05, 0) is 60.9 Å². The first-order valence-corrected chi connectivity index (χ1v) is 12.0. The first-order chi connectivity index (χ1) is 16.1. The van der Waals surface area contributed by atoms with Gasteiger partial charge in [-0.1, -0.05) is 57.6 Å². The number of esters is 1. The summed E-state index contributed by atoms with van der Waals surface area (Å²) in [6.07, 6.45) is 11.5. The molecule has 0 radical (unpaired) electrons. The smallest absolute Gasteiger partial charge is 0.343 e. The second-order valence-electron chi connectivity index (χ2n) is 7.99. The highest BCUT2D eigenvalue weighted by Crippen LogP contribution is 2.27. The van der Waals surface area contributed by atoms with E-state index in [1.807, 2.05) is 24.5 Å². The molecule has 0 aliphatic heterocycles. The van der Waals surface area contributed by atoms with Crippen LogP contribution in [0.3, 0.4) is 0 Å². The van der Waals surface area contributed by atoms with Crippen molar-refractivity contribution in [3.05, 3.63) is 71.0 Å². The third-order valence-electron chi connectivity index (χ3n) is 5.24. The van der Waals surface area contributed by atoms with E-state index >= 15 is 0 Å². The van der Waals surface area contributed by atoms with Crippen molar-refractivity contribution in [3.8, 4) is 22.9 Å². The predicted molar refractivity (Wildman–Crippen MR) is 132 cm³/mol. The number of hydrogen-bond donors (Lipinski definition) is 0. The van der Waals surface area contributed by atoms with Gasteiger partial charge in [0.15, 0.2) is 5.82 Å². The van der Waals surface area contributed by atoms with E-state index in [1.54, 1.807) is 30.3 Å². The minimum absolute atomic E-state index is 0.370. The summed E-state index contributed by atoms with van der Waals surface area (Å²) in [6.45, 7) is 4.94. The Labute approximate surface area is 201 Å². The van der Waals surface area contributed by atoms with Crippen molar-refractivity contribution in [1.82, 2.24) is 9.97 Å². The van der Waals surface area contributed by atoms with E-state index in [2.05, 4.69) is 23.8 Å². The zero-order chi connectivity index (χ0) is 23.5. The number of rotatable bonds is 12. The molecule has 33 heavy (non-hydrogen) atoms. The molecule has 0 saturated carbocycles. The first kappa shape index (κ1) is 24.7. The fraction of sp³-hybridized carbons (Fsp3) is 0.370. The average Bonchev–Trinajstić information content (AvgIpc) is 2.83. The normalized spacial score (nSPS) is 10.8. The number of aromatic nitrogens is 2. The molecule has 3 aromatic rings. The Balaban J connectivity index is 1.54. The standard InChI is InChI=1S/C27H31ClN2O3/c1-3-5-6-7-8-16-32-25-15-12-22(17-24(25)28)27(31)33-23-13-10-21(11-14-23)26-29-18-20(9-4-2)19-30-26/h10-15,17-19H,3-9,16H2,1-2H3. The van der Waals surface area contributed by atoms with E-state index in [1.165, 1.54) is 19.3 Å². The van der Waals surface area contributed by atoms with Gasteiger partial charge in [-0.15, -0.1) is 0 Å². The van der Waals surface area contributed by atoms with E-state index in [0.29, 0.717) is 34.5 Å². The molecule has 2 aromatic carbocycles. The lowest BCUT2D eigenvalue weighted by Crippen LogP contribution is -2.08. The zero-order valence-electron chi connectivity index (χ0n) is 19.4. The number of halogens is 1. The zero-order valence-corrected chi connectivity index (χ0v) is 20.1. The summed E-state index contributed by atoms with van der Waals surface area (Å²) in [5.74, 6) is 1.18. The predicted octanol–water partition coefficient (Wildman–Crippen LogP) is 7.32. The Morgan fingerprint density at radius 1 is 0.909 bits per heavy atom. The van der Waals surface area contributed by atoms with Crippen molar-refractivity contribution in [1.29, 1.82) is 0 Å². The largest absolute Gasteiger partial charge is 0.492 e. The van der Waals surface area contributed by atoms with Crippen molar-refractivity contribution in [3.63, 3.8) is 0 Å². The quantitative estimate of drug-likeness (QED) is 0.159. The number of ether oxygens (including phenoxy) is 2. The van der Waals surface area contributed by atoms with Crippen molar-refractivity contribution >= 4 is 17.6 Å². The van der Waals surface area contributed by atoms with Crippen LogP contribution < -0.4 is 9.47 Å². The van der Waals surface area contributed by atoms with Gasteiger partial charge in [0.05, 0.1) is 17.2 Å². The summed E-state index contributed by atoms with van der Waals surface area (Å²) < 4.78 is 11.2. The Bertz CT molecular complexity index is 1020. The van der Waals surface area contributed by atoms with Crippen LogP contribution in [-0.2, 0) is 6.42 Å². The van der Waals surface area contributed by atoms with Gasteiger partial charge in [-0.25, -0.2) is 14.8 Å². The van der Waals surface area contributed by atoms with Gasteiger partial charge in [-0.3, -0.25) is 0 Å². The Morgan fingerprint density at radius 3 is 2.30 bits per heavy atom. The van der Waals surface area contributed by atoms with Gasteiger partial charge in [0, 0.05) is 18.0 Å². The Kier molecular flexibility index (Phi) is 9.70. The SMILES string of the molecule is CCCCCCCOc1ccc(C(=O)Oc2ccc(-c3ncc(CCC)cn3)cc2)cc1Cl. The van der Waals surface area contributed by atoms with E-state index < -0.39 is 5.97 Å². The molecule has 1 heterocycles. The van der Waals surface area contributed by atoms with E-state index in [0.717, 1.165) is 36.8 Å². The fourth-order valence-corrected chi connectivity index (χ4v) is 3.63. The van der Waals surface area contributed by atoms with Crippen molar-refractivity contribution in [2.24, 2.45) is 0 Å². The maximum Gasteiger partial charge on any atom is 0.343 e. The van der Waals surface area contributed by atoms with E-state index in [-0.39, 0.29) is 0 Å². The molecule has 0 aliphatic rings. The van der Waals surface area contributed by atoms with Crippen LogP contribution in [-0.4, -0.2) is 22.5 Å². The molecule has 0 amide bonds. The summed E-state index contributed by atoms with van der Waals surface area (Å²) in [6, 6.07) is 12.1. The van der Waals surface area contributed by atoms with Crippen LogP contribution in [0.4, 0.5) is 0 Å². The number of hydrogen-bond acceptors (Lipinski definition) is 5. The topological polar surface area (TPSA) is 61.3 Å². The summed E-state index contributed by atoms with van der Waals surface area (Å²) in [5.41, 5.74) is 2.35. The minimum Gasteiger partial charge on any atom is -0.492 e. The summed E-state index contributed by atoms with van der Waals surface area (Å²) in [5, 5.41) is 0.400. The van der Waals surface area contributed by atoms with E-state index in [9.17, 15) is 4.79 Å². The molecule has 0 spiro atoms. The van der Waals surface area contributed by atoms with Crippen LogP contribution in [0.2, 0.25) is 5.02 Å². The second kappa shape index (κ2) is 12.9. The molecule has 0 unspecified atom stereocenters. The average molecular weight is 467 g/mol. The third kappa shape index (κ3) is 7.57. The van der Waals surface area contributed by atoms with Crippen LogP contribution in [0, 0.1) is 0 Å². The Hall–Kier alpha value is -2.92. The molecule has 5 nitrogen and oxygen atoms in total. The second-order valence-corrected chi connectivity index (χ2v) is 8.39. The van der Waals surface area contributed by atoms with Gasteiger partial charge in [0.2, 0.25) is 0 Å². The molecule has 1 aromatic heterocycles. The maximum absolute atomic E-state index is 12.5. The molecule has 174 valence electrons. The molecule has 0 N–H and O–H groups in total. The summed E-state index contributed by atoms with van der Waals surface area (Å²) in [7, 11) is 0. The van der Waals surface area contributed by atoms with Crippen LogP contribution in [0.5, 0.6) is 11.5 Å². The number of unbranched alkanes of at least 4 members (excludes halogenated alkanes) is 4. The molecule has 0 bridgehead atoms. The van der Waals surface area contributed by atoms with Crippen molar-refractivity contribution < 1.29 is 14.3 Å². The highest BCUT2D eigenvalue weighted by Gasteiger charge is 2.12. The third-order valence-corrected chi connectivity index (χ3v) is 5.54. The lowest BCUT2D eigenvalue weighted by atomic mass is 10.1. The number of benzene rings is 2. The number of carbonyl (C=O) groups excluding carboxylic acids is 1.